The summed E-state index contributed by atoms with van der Waals surface area (Å²) in [6.45, 7) is -0.100. The molecule has 2 rings (SSSR count). The van der Waals surface area contributed by atoms with Gasteiger partial charge < -0.3 is 18.8 Å². The average Bonchev–Trinajstić information content (AvgIpc) is 2.83. The third-order valence-corrected chi connectivity index (χ3v) is 4.21. The van der Waals surface area contributed by atoms with Gasteiger partial charge >= 0.3 is 0 Å². The van der Waals surface area contributed by atoms with Gasteiger partial charge in [0.25, 0.3) is 0 Å². The first-order valence-electron chi connectivity index (χ1n) is 6.69. The summed E-state index contributed by atoms with van der Waals surface area (Å²) in [5.41, 5.74) is 1.02. The summed E-state index contributed by atoms with van der Waals surface area (Å²) in [5, 5.41) is 18.6. The lowest BCUT2D eigenvalue weighted by atomic mass is 10.1. The third-order valence-electron chi connectivity index (χ3n) is 3.45. The van der Waals surface area contributed by atoms with Crippen molar-refractivity contribution in [2.45, 2.75) is 6.54 Å². The van der Waals surface area contributed by atoms with Gasteiger partial charge in [0.1, 0.15) is 23.5 Å². The second kappa shape index (κ2) is 7.35. The maximum absolute atomic E-state index is 9.32. The van der Waals surface area contributed by atoms with Crippen molar-refractivity contribution in [2.24, 2.45) is 0 Å². The van der Waals surface area contributed by atoms with Gasteiger partial charge in [0.2, 0.25) is 5.75 Å². The Balaban J connectivity index is 2.84. The second-order valence-corrected chi connectivity index (χ2v) is 5.30. The Morgan fingerprint density at radius 1 is 1.04 bits per heavy atom. The monoisotopic (exact) mass is 365 g/mol. The Hall–Kier alpha value is -2.54. The van der Waals surface area contributed by atoms with Gasteiger partial charge in [-0.05, 0) is 12.1 Å². The van der Waals surface area contributed by atoms with Crippen LogP contribution in [0.25, 0.3) is 11.1 Å². The van der Waals surface area contributed by atoms with Gasteiger partial charge in [-0.1, -0.05) is 23.2 Å². The Kier molecular flexibility index (Phi) is 5.46. The number of nitrogens with zero attached hydrogens (tertiary/aromatic N) is 3. The fraction of sp³-hybridized carbons (Fsp3) is 0.250. The van der Waals surface area contributed by atoms with Gasteiger partial charge in [0.15, 0.2) is 11.5 Å². The van der Waals surface area contributed by atoms with Crippen LogP contribution < -0.4 is 14.2 Å². The predicted octanol–water partition coefficient (Wildman–Crippen LogP) is 3.88. The number of hydrogen-bond acceptors (Lipinski definition) is 5. The van der Waals surface area contributed by atoms with E-state index < -0.39 is 0 Å². The standard InChI is InChI=1S/C16H13Cl2N3O3/c1-22-11-5-4-9(14(23-2)15(11)24-3)12-13(17)10(8-20)21(7-6-19)16(12)18/h4-5H,7H2,1-3H3. The van der Waals surface area contributed by atoms with Crippen LogP contribution in [0, 0.1) is 22.7 Å². The first-order chi connectivity index (χ1) is 11.5. The minimum Gasteiger partial charge on any atom is -0.493 e. The number of ether oxygens (including phenoxy) is 3. The topological polar surface area (TPSA) is 80.2 Å². The van der Waals surface area contributed by atoms with E-state index in [1.807, 2.05) is 12.1 Å². The molecular formula is C16H13Cl2N3O3. The molecule has 0 unspecified atom stereocenters. The van der Waals surface area contributed by atoms with Crippen molar-refractivity contribution in [3.05, 3.63) is 28.0 Å². The Morgan fingerprint density at radius 3 is 2.21 bits per heavy atom. The fourth-order valence-electron chi connectivity index (χ4n) is 2.42. The van der Waals surface area contributed by atoms with E-state index >= 15 is 0 Å². The summed E-state index contributed by atoms with van der Waals surface area (Å²) in [5.74, 6) is 1.21. The molecule has 0 atom stereocenters. The lowest BCUT2D eigenvalue weighted by Gasteiger charge is -2.15. The van der Waals surface area contributed by atoms with Gasteiger partial charge in [0.05, 0.1) is 32.4 Å². The van der Waals surface area contributed by atoms with Crippen LogP contribution in [0.3, 0.4) is 0 Å². The molecule has 1 aromatic heterocycles. The van der Waals surface area contributed by atoms with Crippen LogP contribution >= 0.6 is 23.2 Å². The molecule has 0 fully saturated rings. The molecule has 0 aliphatic heterocycles. The van der Waals surface area contributed by atoms with Crippen LogP contribution in [0.1, 0.15) is 5.69 Å². The molecule has 0 radical (unpaired) electrons. The predicted molar refractivity (Wildman–Crippen MR) is 89.9 cm³/mol. The van der Waals surface area contributed by atoms with E-state index in [0.717, 1.165) is 0 Å². The molecule has 1 heterocycles. The Bertz CT molecular complexity index is 863. The summed E-state index contributed by atoms with van der Waals surface area (Å²) in [6.07, 6.45) is 0. The van der Waals surface area contributed by atoms with Crippen molar-refractivity contribution < 1.29 is 14.2 Å². The van der Waals surface area contributed by atoms with Crippen LogP contribution in [0.2, 0.25) is 10.2 Å². The number of nitriles is 2. The van der Waals surface area contributed by atoms with Crippen molar-refractivity contribution in [1.29, 1.82) is 10.5 Å². The highest BCUT2D eigenvalue weighted by Crippen LogP contribution is 2.49. The van der Waals surface area contributed by atoms with Crippen molar-refractivity contribution in [3.8, 4) is 40.5 Å². The lowest BCUT2D eigenvalue weighted by Crippen LogP contribution is -1.99. The van der Waals surface area contributed by atoms with E-state index in [4.69, 9.17) is 42.7 Å². The Labute approximate surface area is 149 Å². The first kappa shape index (κ1) is 17.8. The van der Waals surface area contributed by atoms with E-state index in [2.05, 4.69) is 0 Å². The van der Waals surface area contributed by atoms with E-state index in [0.29, 0.717) is 28.4 Å². The van der Waals surface area contributed by atoms with E-state index in [1.165, 1.54) is 25.9 Å². The van der Waals surface area contributed by atoms with E-state index in [9.17, 15) is 5.26 Å². The number of methoxy groups -OCH3 is 3. The summed E-state index contributed by atoms with van der Waals surface area (Å²) >= 11 is 12.7. The number of aromatic nitrogens is 1. The minimum atomic E-state index is -0.100. The van der Waals surface area contributed by atoms with Gasteiger partial charge in [-0.3, -0.25) is 0 Å². The molecular weight excluding hydrogens is 353 g/mol. The number of rotatable bonds is 5. The van der Waals surface area contributed by atoms with Crippen LogP contribution in [0.15, 0.2) is 12.1 Å². The molecule has 0 N–H and O–H groups in total. The van der Waals surface area contributed by atoms with Gasteiger partial charge in [-0.2, -0.15) is 10.5 Å². The zero-order valence-corrected chi connectivity index (χ0v) is 14.7. The van der Waals surface area contributed by atoms with Gasteiger partial charge in [-0.25, -0.2) is 0 Å². The molecule has 8 heteroatoms. The molecule has 0 amide bonds. The lowest BCUT2D eigenvalue weighted by molar-refractivity contribution is 0.325. The average molecular weight is 366 g/mol. The largest absolute Gasteiger partial charge is 0.493 e. The van der Waals surface area contributed by atoms with Crippen molar-refractivity contribution >= 4 is 23.2 Å². The first-order valence-corrected chi connectivity index (χ1v) is 7.45. The van der Waals surface area contributed by atoms with E-state index in [1.54, 1.807) is 12.1 Å². The summed E-state index contributed by atoms with van der Waals surface area (Å²) < 4.78 is 17.4. The third kappa shape index (κ3) is 2.71. The highest BCUT2D eigenvalue weighted by Gasteiger charge is 2.26. The summed E-state index contributed by atoms with van der Waals surface area (Å²) in [7, 11) is 4.46. The SMILES string of the molecule is COc1ccc(-c2c(Cl)c(C#N)n(CC#N)c2Cl)c(OC)c1OC. The second-order valence-electron chi connectivity index (χ2n) is 4.57. The van der Waals surface area contributed by atoms with Crippen LogP contribution in [0.5, 0.6) is 17.2 Å². The summed E-state index contributed by atoms with van der Waals surface area (Å²) in [4.78, 5) is 0. The van der Waals surface area contributed by atoms with Crippen LogP contribution in [0.4, 0.5) is 0 Å². The number of halogens is 2. The molecule has 0 saturated carbocycles. The molecule has 0 aliphatic rings. The normalized spacial score (nSPS) is 9.96. The molecule has 24 heavy (non-hydrogen) atoms. The highest BCUT2D eigenvalue weighted by atomic mass is 35.5. The maximum atomic E-state index is 9.32. The van der Waals surface area contributed by atoms with Gasteiger partial charge in [-0.15, -0.1) is 0 Å². The van der Waals surface area contributed by atoms with Crippen molar-refractivity contribution in [3.63, 3.8) is 0 Å². The molecule has 124 valence electrons. The number of benzene rings is 1. The number of hydrogen-bond donors (Lipinski definition) is 0. The summed E-state index contributed by atoms with van der Waals surface area (Å²) in [6, 6.07) is 7.30. The van der Waals surface area contributed by atoms with Crippen molar-refractivity contribution in [1.82, 2.24) is 4.57 Å². The zero-order valence-electron chi connectivity index (χ0n) is 13.2. The maximum Gasteiger partial charge on any atom is 0.203 e. The quantitative estimate of drug-likeness (QED) is 0.802. The Morgan fingerprint density at radius 2 is 1.71 bits per heavy atom. The van der Waals surface area contributed by atoms with Gasteiger partial charge in [0, 0.05) is 11.1 Å². The molecule has 2 aromatic rings. The molecule has 0 aliphatic carbocycles. The molecule has 1 aromatic carbocycles. The molecule has 0 saturated heterocycles. The molecule has 0 spiro atoms. The smallest absolute Gasteiger partial charge is 0.203 e. The fourth-order valence-corrected chi connectivity index (χ4v) is 3.14. The molecule has 6 nitrogen and oxygen atoms in total. The minimum absolute atomic E-state index is 0.100. The zero-order chi connectivity index (χ0) is 17.9. The van der Waals surface area contributed by atoms with Crippen LogP contribution in [-0.4, -0.2) is 25.9 Å². The van der Waals surface area contributed by atoms with E-state index in [-0.39, 0.29) is 22.4 Å². The highest BCUT2D eigenvalue weighted by molar-refractivity contribution is 6.40. The molecule has 0 bridgehead atoms. The van der Waals surface area contributed by atoms with Crippen molar-refractivity contribution in [2.75, 3.05) is 21.3 Å². The van der Waals surface area contributed by atoms with Crippen LogP contribution in [-0.2, 0) is 6.54 Å².